The Bertz CT molecular complexity index is 924. The lowest BCUT2D eigenvalue weighted by molar-refractivity contribution is -0.141. The van der Waals surface area contributed by atoms with E-state index in [1.807, 2.05) is 0 Å². The third-order valence-electron chi connectivity index (χ3n) is 4.43. The Hall–Kier alpha value is -2.67. The van der Waals surface area contributed by atoms with E-state index in [4.69, 9.17) is 0 Å². The van der Waals surface area contributed by atoms with E-state index in [2.05, 4.69) is 0 Å². The van der Waals surface area contributed by atoms with Gasteiger partial charge in [-0.25, -0.2) is 13.2 Å². The second-order valence-corrected chi connectivity index (χ2v) is 8.26. The Morgan fingerprint density at radius 2 is 1.81 bits per heavy atom. The van der Waals surface area contributed by atoms with E-state index < -0.39 is 21.8 Å². The zero-order valence-electron chi connectivity index (χ0n) is 14.0. The molecule has 1 aliphatic heterocycles. The minimum absolute atomic E-state index is 0.222. The predicted octanol–water partition coefficient (Wildman–Crippen LogP) is 2.35. The Morgan fingerprint density at radius 3 is 2.50 bits per heavy atom. The van der Waals surface area contributed by atoms with Crippen molar-refractivity contribution in [2.45, 2.75) is 29.5 Å². The molecule has 2 aromatic rings. The number of aliphatic carboxylic acids is 1. The van der Waals surface area contributed by atoms with Gasteiger partial charge in [0.25, 0.3) is 5.91 Å². The van der Waals surface area contributed by atoms with Crippen LogP contribution in [0.3, 0.4) is 0 Å². The first-order chi connectivity index (χ1) is 12.4. The fourth-order valence-corrected chi connectivity index (χ4v) is 4.51. The molecule has 1 saturated heterocycles. The third-order valence-corrected chi connectivity index (χ3v) is 6.14. The molecule has 6 nitrogen and oxygen atoms in total. The molecule has 1 unspecified atom stereocenters. The van der Waals surface area contributed by atoms with Gasteiger partial charge in [-0.1, -0.05) is 30.3 Å². The molecule has 0 aromatic heterocycles. The summed E-state index contributed by atoms with van der Waals surface area (Å²) >= 11 is 0. The van der Waals surface area contributed by atoms with Gasteiger partial charge < -0.3 is 10.0 Å². The molecule has 0 saturated carbocycles. The normalized spacial score (nSPS) is 17.2. The molecule has 1 aliphatic rings. The third kappa shape index (κ3) is 3.77. The Labute approximate surface area is 152 Å². The van der Waals surface area contributed by atoms with Crippen molar-refractivity contribution in [2.75, 3.05) is 6.54 Å². The summed E-state index contributed by atoms with van der Waals surface area (Å²) in [5, 5.41) is 9.24. The van der Waals surface area contributed by atoms with Crippen molar-refractivity contribution in [3.05, 3.63) is 65.7 Å². The van der Waals surface area contributed by atoms with Crippen molar-refractivity contribution in [1.82, 2.24) is 4.90 Å². The minimum atomic E-state index is -3.52. The number of hydrogen-bond acceptors (Lipinski definition) is 4. The van der Waals surface area contributed by atoms with Gasteiger partial charge in [-0.2, -0.15) is 0 Å². The molecule has 2 aromatic carbocycles. The van der Waals surface area contributed by atoms with E-state index in [-0.39, 0.29) is 16.6 Å². The Morgan fingerprint density at radius 1 is 1.08 bits per heavy atom. The molecule has 1 heterocycles. The highest BCUT2D eigenvalue weighted by molar-refractivity contribution is 7.90. The van der Waals surface area contributed by atoms with Crippen molar-refractivity contribution >= 4 is 21.7 Å². The van der Waals surface area contributed by atoms with Crippen molar-refractivity contribution in [3.63, 3.8) is 0 Å². The number of carbonyl (C=O) groups excluding carboxylic acids is 1. The van der Waals surface area contributed by atoms with Crippen LogP contribution in [0.5, 0.6) is 0 Å². The smallest absolute Gasteiger partial charge is 0.326 e. The van der Waals surface area contributed by atoms with Crippen molar-refractivity contribution < 1.29 is 23.1 Å². The molecule has 7 heteroatoms. The maximum Gasteiger partial charge on any atom is 0.326 e. The van der Waals surface area contributed by atoms with Gasteiger partial charge in [-0.05, 0) is 42.7 Å². The summed E-state index contributed by atoms with van der Waals surface area (Å²) in [6, 6.07) is 13.7. The summed E-state index contributed by atoms with van der Waals surface area (Å²) in [5.41, 5.74) is 0.796. The fourth-order valence-electron chi connectivity index (χ4n) is 3.16. The first-order valence-corrected chi connectivity index (χ1v) is 9.94. The number of benzene rings is 2. The molecular weight excluding hydrogens is 354 g/mol. The Balaban J connectivity index is 1.83. The number of carbonyl (C=O) groups is 2. The van der Waals surface area contributed by atoms with Crippen molar-refractivity contribution in [3.8, 4) is 0 Å². The molecule has 1 fully saturated rings. The van der Waals surface area contributed by atoms with Gasteiger partial charge in [0.1, 0.15) is 6.04 Å². The molecule has 0 radical (unpaired) electrons. The molecule has 3 rings (SSSR count). The molecule has 136 valence electrons. The number of carboxylic acids is 1. The van der Waals surface area contributed by atoms with Gasteiger partial charge in [0.05, 0.1) is 10.6 Å². The van der Waals surface area contributed by atoms with Crippen LogP contribution in [0.4, 0.5) is 0 Å². The zero-order valence-corrected chi connectivity index (χ0v) is 14.9. The number of likely N-dealkylation sites (tertiary alicyclic amines) is 1. The van der Waals surface area contributed by atoms with Crippen LogP contribution in [0, 0.1) is 0 Å². The van der Waals surface area contributed by atoms with E-state index in [1.54, 1.807) is 36.4 Å². The number of carboxylic acid groups (broad SMARTS) is 1. The largest absolute Gasteiger partial charge is 0.480 e. The maximum absolute atomic E-state index is 12.7. The molecule has 1 amide bonds. The van der Waals surface area contributed by atoms with Gasteiger partial charge in [-0.15, -0.1) is 0 Å². The van der Waals surface area contributed by atoms with Gasteiger partial charge in [0.2, 0.25) is 0 Å². The van der Waals surface area contributed by atoms with Gasteiger partial charge in [0, 0.05) is 12.1 Å². The summed E-state index contributed by atoms with van der Waals surface area (Å²) < 4.78 is 25.0. The number of hydrogen-bond donors (Lipinski definition) is 1. The highest BCUT2D eigenvalue weighted by Gasteiger charge is 2.34. The molecule has 1 N–H and O–H groups in total. The maximum atomic E-state index is 12.7. The van der Waals surface area contributed by atoms with Gasteiger partial charge in [0.15, 0.2) is 9.84 Å². The summed E-state index contributed by atoms with van der Waals surface area (Å²) in [4.78, 5) is 25.5. The number of rotatable bonds is 5. The summed E-state index contributed by atoms with van der Waals surface area (Å²) in [5.74, 6) is -1.62. The van der Waals surface area contributed by atoms with Crippen LogP contribution in [0.15, 0.2) is 59.5 Å². The van der Waals surface area contributed by atoms with E-state index in [9.17, 15) is 23.1 Å². The zero-order chi connectivity index (χ0) is 18.7. The van der Waals surface area contributed by atoms with Crippen molar-refractivity contribution in [1.29, 1.82) is 0 Å². The SMILES string of the molecule is O=C(O)C1CCCN1C(=O)c1cccc(CS(=O)(=O)c2ccccc2)c1. The van der Waals surface area contributed by atoms with Crippen LogP contribution >= 0.6 is 0 Å². The average Bonchev–Trinajstić information content (AvgIpc) is 3.12. The molecule has 0 bridgehead atoms. The number of sulfone groups is 1. The summed E-state index contributed by atoms with van der Waals surface area (Å²) in [6.45, 7) is 0.391. The van der Waals surface area contributed by atoms with Crippen LogP contribution in [0.1, 0.15) is 28.8 Å². The lowest BCUT2D eigenvalue weighted by Crippen LogP contribution is -2.40. The standard InChI is InChI=1S/C19H19NO5S/c21-18(20-11-5-10-17(20)19(22)23)15-7-4-6-14(12-15)13-26(24,25)16-8-2-1-3-9-16/h1-4,6-9,12,17H,5,10-11,13H2,(H,22,23). The molecule has 0 spiro atoms. The van der Waals surface area contributed by atoms with Crippen LogP contribution < -0.4 is 0 Å². The van der Waals surface area contributed by atoms with Gasteiger partial charge in [-0.3, -0.25) is 4.79 Å². The first-order valence-electron chi connectivity index (χ1n) is 8.29. The van der Waals surface area contributed by atoms with E-state index in [0.29, 0.717) is 30.5 Å². The molecular formula is C19H19NO5S. The quantitative estimate of drug-likeness (QED) is 0.869. The fraction of sp³-hybridized carbons (Fsp3) is 0.263. The van der Waals surface area contributed by atoms with Crippen LogP contribution in [-0.2, 0) is 20.4 Å². The summed E-state index contributed by atoms with van der Waals surface area (Å²) in [7, 11) is -3.52. The highest BCUT2D eigenvalue weighted by Crippen LogP contribution is 2.22. The first kappa shape index (κ1) is 18.1. The minimum Gasteiger partial charge on any atom is -0.480 e. The topological polar surface area (TPSA) is 91.8 Å². The van der Waals surface area contributed by atoms with Gasteiger partial charge >= 0.3 is 5.97 Å². The lowest BCUT2D eigenvalue weighted by Gasteiger charge is -2.21. The molecule has 1 atom stereocenters. The molecule has 0 aliphatic carbocycles. The average molecular weight is 373 g/mol. The van der Waals surface area contributed by atoms with E-state index in [1.165, 1.54) is 23.1 Å². The van der Waals surface area contributed by atoms with Crippen LogP contribution in [0.2, 0.25) is 0 Å². The van der Waals surface area contributed by atoms with Crippen molar-refractivity contribution in [2.24, 2.45) is 0 Å². The second kappa shape index (κ2) is 7.29. The van der Waals surface area contributed by atoms with E-state index >= 15 is 0 Å². The summed E-state index contributed by atoms with van der Waals surface area (Å²) in [6.07, 6.45) is 1.08. The second-order valence-electron chi connectivity index (χ2n) is 6.27. The predicted molar refractivity (Wildman–Crippen MR) is 95.5 cm³/mol. The number of nitrogens with zero attached hydrogens (tertiary/aromatic N) is 1. The van der Waals surface area contributed by atoms with E-state index in [0.717, 1.165) is 0 Å². The lowest BCUT2D eigenvalue weighted by atomic mass is 10.1. The highest BCUT2D eigenvalue weighted by atomic mass is 32.2. The Kier molecular flexibility index (Phi) is 5.08. The van der Waals surface area contributed by atoms with Crippen LogP contribution in [-0.4, -0.2) is 42.9 Å². The number of amides is 1. The monoisotopic (exact) mass is 373 g/mol. The van der Waals surface area contributed by atoms with Crippen LogP contribution in [0.25, 0.3) is 0 Å². The molecule has 26 heavy (non-hydrogen) atoms.